The second-order valence-corrected chi connectivity index (χ2v) is 3.85. The van der Waals surface area contributed by atoms with Gasteiger partial charge in [-0.1, -0.05) is 12.1 Å². The molecule has 2 aromatic rings. The standard InChI is InChI=1S/C14H12FN3O/c1-2-19-11-5-3-10(4-6-11)7-12-14(15)13(8-16)18-9-17-12/h3-6,9H,2,7H2,1H3. The topological polar surface area (TPSA) is 58.8 Å². The van der Waals surface area contributed by atoms with Crippen molar-refractivity contribution in [1.29, 1.82) is 5.26 Å². The van der Waals surface area contributed by atoms with Gasteiger partial charge in [0, 0.05) is 6.42 Å². The molecule has 0 aliphatic carbocycles. The van der Waals surface area contributed by atoms with Gasteiger partial charge >= 0.3 is 0 Å². The average Bonchev–Trinajstić information content (AvgIpc) is 2.43. The van der Waals surface area contributed by atoms with Gasteiger partial charge in [-0.15, -0.1) is 0 Å². The number of ether oxygens (including phenoxy) is 1. The van der Waals surface area contributed by atoms with Crippen LogP contribution in [0, 0.1) is 17.1 Å². The first-order chi connectivity index (χ1) is 9.24. The van der Waals surface area contributed by atoms with Gasteiger partial charge in [-0.2, -0.15) is 5.26 Å². The van der Waals surface area contributed by atoms with E-state index >= 15 is 0 Å². The molecular formula is C14H12FN3O. The van der Waals surface area contributed by atoms with Crippen molar-refractivity contribution in [3.63, 3.8) is 0 Å². The van der Waals surface area contributed by atoms with Gasteiger partial charge in [0.05, 0.1) is 12.3 Å². The third kappa shape index (κ3) is 3.05. The summed E-state index contributed by atoms with van der Waals surface area (Å²) >= 11 is 0. The molecule has 2 rings (SSSR count). The van der Waals surface area contributed by atoms with Gasteiger partial charge in [0.25, 0.3) is 0 Å². The lowest BCUT2D eigenvalue weighted by Crippen LogP contribution is -2.01. The Balaban J connectivity index is 2.19. The van der Waals surface area contributed by atoms with E-state index in [0.29, 0.717) is 13.0 Å². The van der Waals surface area contributed by atoms with Crippen molar-refractivity contribution in [2.75, 3.05) is 6.61 Å². The molecule has 0 N–H and O–H groups in total. The van der Waals surface area contributed by atoms with Crippen LogP contribution in [-0.2, 0) is 6.42 Å². The first kappa shape index (κ1) is 13.0. The number of rotatable bonds is 4. The highest BCUT2D eigenvalue weighted by Crippen LogP contribution is 2.16. The largest absolute Gasteiger partial charge is 0.494 e. The van der Waals surface area contributed by atoms with Crippen LogP contribution >= 0.6 is 0 Å². The lowest BCUT2D eigenvalue weighted by Gasteiger charge is -2.05. The van der Waals surface area contributed by atoms with Crippen molar-refractivity contribution >= 4 is 0 Å². The molecule has 0 spiro atoms. The summed E-state index contributed by atoms with van der Waals surface area (Å²) < 4.78 is 19.1. The van der Waals surface area contributed by atoms with Crippen molar-refractivity contribution in [3.8, 4) is 11.8 Å². The fourth-order valence-electron chi connectivity index (χ4n) is 1.67. The van der Waals surface area contributed by atoms with E-state index in [-0.39, 0.29) is 11.4 Å². The van der Waals surface area contributed by atoms with Gasteiger partial charge in [0.1, 0.15) is 18.1 Å². The normalized spacial score (nSPS) is 9.95. The van der Waals surface area contributed by atoms with Gasteiger partial charge < -0.3 is 4.74 Å². The van der Waals surface area contributed by atoms with Gasteiger partial charge in [-0.25, -0.2) is 14.4 Å². The summed E-state index contributed by atoms with van der Waals surface area (Å²) in [4.78, 5) is 7.44. The van der Waals surface area contributed by atoms with E-state index < -0.39 is 5.82 Å². The van der Waals surface area contributed by atoms with Crippen molar-refractivity contribution in [1.82, 2.24) is 9.97 Å². The number of hydrogen-bond acceptors (Lipinski definition) is 4. The number of aromatic nitrogens is 2. The van der Waals surface area contributed by atoms with Crippen LogP contribution in [0.1, 0.15) is 23.9 Å². The highest BCUT2D eigenvalue weighted by atomic mass is 19.1. The van der Waals surface area contributed by atoms with Crippen LogP contribution in [0.2, 0.25) is 0 Å². The molecule has 5 heteroatoms. The van der Waals surface area contributed by atoms with Gasteiger partial charge in [-0.3, -0.25) is 0 Å². The number of nitrogens with zero attached hydrogens (tertiary/aromatic N) is 3. The minimum Gasteiger partial charge on any atom is -0.494 e. The van der Waals surface area contributed by atoms with E-state index in [4.69, 9.17) is 10.00 Å². The molecule has 4 nitrogen and oxygen atoms in total. The first-order valence-corrected chi connectivity index (χ1v) is 5.85. The second-order valence-electron chi connectivity index (χ2n) is 3.85. The Hall–Kier alpha value is -2.48. The molecule has 1 heterocycles. The van der Waals surface area contributed by atoms with E-state index in [9.17, 15) is 4.39 Å². The number of hydrogen-bond donors (Lipinski definition) is 0. The summed E-state index contributed by atoms with van der Waals surface area (Å²) in [5, 5.41) is 8.71. The third-order valence-electron chi connectivity index (χ3n) is 2.57. The SMILES string of the molecule is CCOc1ccc(Cc2ncnc(C#N)c2F)cc1. The minimum absolute atomic E-state index is 0.218. The Morgan fingerprint density at radius 3 is 2.63 bits per heavy atom. The van der Waals surface area contributed by atoms with E-state index in [1.54, 1.807) is 6.07 Å². The summed E-state index contributed by atoms with van der Waals surface area (Å²) in [7, 11) is 0. The molecule has 0 saturated carbocycles. The van der Waals surface area contributed by atoms with E-state index in [0.717, 1.165) is 11.3 Å². The minimum atomic E-state index is -0.654. The van der Waals surface area contributed by atoms with Gasteiger partial charge in [0.2, 0.25) is 0 Å². The second kappa shape index (κ2) is 5.91. The molecule has 96 valence electrons. The highest BCUT2D eigenvalue weighted by molar-refractivity contribution is 5.32. The summed E-state index contributed by atoms with van der Waals surface area (Å²) in [6.07, 6.45) is 1.51. The van der Waals surface area contributed by atoms with Crippen LogP contribution in [0.5, 0.6) is 5.75 Å². The molecule has 0 amide bonds. The van der Waals surface area contributed by atoms with E-state index in [1.165, 1.54) is 6.33 Å². The van der Waals surface area contributed by atoms with Crippen LogP contribution in [0.4, 0.5) is 4.39 Å². The first-order valence-electron chi connectivity index (χ1n) is 5.85. The Morgan fingerprint density at radius 2 is 2.00 bits per heavy atom. The summed E-state index contributed by atoms with van der Waals surface area (Å²) in [5.74, 6) is 0.117. The molecular weight excluding hydrogens is 245 g/mol. The Bertz CT molecular complexity index is 605. The molecule has 0 bridgehead atoms. The van der Waals surface area contributed by atoms with Gasteiger partial charge in [-0.05, 0) is 24.6 Å². The monoisotopic (exact) mass is 257 g/mol. The molecule has 1 aromatic carbocycles. The zero-order valence-corrected chi connectivity index (χ0v) is 10.4. The zero-order chi connectivity index (χ0) is 13.7. The molecule has 0 unspecified atom stereocenters. The molecule has 19 heavy (non-hydrogen) atoms. The predicted octanol–water partition coefficient (Wildman–Crippen LogP) is 2.48. The maximum atomic E-state index is 13.8. The quantitative estimate of drug-likeness (QED) is 0.844. The fraction of sp³-hybridized carbons (Fsp3) is 0.214. The molecule has 0 fully saturated rings. The number of benzene rings is 1. The van der Waals surface area contributed by atoms with Crippen LogP contribution in [-0.4, -0.2) is 16.6 Å². The van der Waals surface area contributed by atoms with Crippen molar-refractivity contribution in [2.45, 2.75) is 13.3 Å². The fourth-order valence-corrected chi connectivity index (χ4v) is 1.67. The molecule has 0 radical (unpaired) electrons. The molecule has 1 aromatic heterocycles. The van der Waals surface area contributed by atoms with Crippen molar-refractivity contribution < 1.29 is 9.13 Å². The maximum Gasteiger partial charge on any atom is 0.181 e. The average molecular weight is 257 g/mol. The lowest BCUT2D eigenvalue weighted by molar-refractivity contribution is 0.340. The molecule has 0 saturated heterocycles. The van der Waals surface area contributed by atoms with E-state index in [2.05, 4.69) is 9.97 Å². The van der Waals surface area contributed by atoms with Crippen molar-refractivity contribution in [3.05, 3.63) is 53.4 Å². The van der Waals surface area contributed by atoms with Crippen LogP contribution in [0.3, 0.4) is 0 Å². The summed E-state index contributed by atoms with van der Waals surface area (Å²) in [6, 6.07) is 9.04. The summed E-state index contributed by atoms with van der Waals surface area (Å²) in [5.41, 5.74) is 0.886. The predicted molar refractivity (Wildman–Crippen MR) is 67.1 cm³/mol. The number of nitriles is 1. The van der Waals surface area contributed by atoms with Crippen LogP contribution in [0.15, 0.2) is 30.6 Å². The van der Waals surface area contributed by atoms with Crippen molar-refractivity contribution in [2.24, 2.45) is 0 Å². The highest BCUT2D eigenvalue weighted by Gasteiger charge is 2.11. The maximum absolute atomic E-state index is 13.8. The molecule has 0 aliphatic heterocycles. The zero-order valence-electron chi connectivity index (χ0n) is 10.4. The van der Waals surface area contributed by atoms with Gasteiger partial charge in [0.15, 0.2) is 11.5 Å². The summed E-state index contributed by atoms with van der Waals surface area (Å²) in [6.45, 7) is 2.51. The molecule has 0 atom stereocenters. The smallest absolute Gasteiger partial charge is 0.181 e. The molecule has 0 aliphatic rings. The Kier molecular flexibility index (Phi) is 4.04. The van der Waals surface area contributed by atoms with Crippen LogP contribution < -0.4 is 4.74 Å². The Labute approximate surface area is 110 Å². The lowest BCUT2D eigenvalue weighted by atomic mass is 10.1. The van der Waals surface area contributed by atoms with E-state index in [1.807, 2.05) is 31.2 Å². The Morgan fingerprint density at radius 1 is 1.26 bits per heavy atom. The van der Waals surface area contributed by atoms with Crippen LogP contribution in [0.25, 0.3) is 0 Å². The third-order valence-corrected chi connectivity index (χ3v) is 2.57. The number of halogens is 1.